The molecule has 0 atom stereocenters. The number of hydrogen-bond acceptors (Lipinski definition) is 6. The molecule has 0 unspecified atom stereocenters. The molecule has 1 aromatic heterocycles. The van der Waals surface area contributed by atoms with E-state index in [1.165, 1.54) is 18.2 Å². The third kappa shape index (κ3) is 3.67. The van der Waals surface area contributed by atoms with Crippen molar-refractivity contribution in [2.45, 2.75) is 0 Å². The van der Waals surface area contributed by atoms with Crippen molar-refractivity contribution >= 4 is 43.3 Å². The Balaban J connectivity index is 2.23. The summed E-state index contributed by atoms with van der Waals surface area (Å²) in [4.78, 5) is 12.0. The SMILES string of the molecule is NC(N)=NOS(=O)(=O)CC(=O)c1cc2c(F)cccc2s1. The zero-order valence-corrected chi connectivity index (χ0v) is 12.1. The van der Waals surface area contributed by atoms with Crippen LogP contribution in [0, 0.1) is 5.82 Å². The van der Waals surface area contributed by atoms with Gasteiger partial charge in [-0.3, -0.25) is 9.08 Å². The molecule has 0 amide bonds. The molecular formula is C11H10FN3O4S2. The van der Waals surface area contributed by atoms with Crippen LogP contribution in [0.2, 0.25) is 0 Å². The summed E-state index contributed by atoms with van der Waals surface area (Å²) in [6.45, 7) is 0. The predicted molar refractivity (Wildman–Crippen MR) is 76.8 cm³/mol. The number of nitrogens with zero attached hydrogens (tertiary/aromatic N) is 1. The molecule has 0 fully saturated rings. The first-order valence-electron chi connectivity index (χ1n) is 5.50. The quantitative estimate of drug-likeness (QED) is 0.360. The van der Waals surface area contributed by atoms with Gasteiger partial charge in [-0.15, -0.1) is 11.3 Å². The fourth-order valence-corrected chi connectivity index (χ4v) is 3.35. The van der Waals surface area contributed by atoms with Crippen molar-refractivity contribution in [1.29, 1.82) is 0 Å². The molecule has 7 nitrogen and oxygen atoms in total. The van der Waals surface area contributed by atoms with E-state index in [0.717, 1.165) is 11.3 Å². The lowest BCUT2D eigenvalue weighted by atomic mass is 10.2. The molecule has 112 valence electrons. The van der Waals surface area contributed by atoms with Crippen LogP contribution in [0.15, 0.2) is 29.4 Å². The molecule has 2 rings (SSSR count). The third-order valence-corrected chi connectivity index (χ3v) is 4.41. The molecule has 0 spiro atoms. The number of guanidine groups is 1. The average molecular weight is 331 g/mol. The topological polar surface area (TPSA) is 125 Å². The van der Waals surface area contributed by atoms with Gasteiger partial charge < -0.3 is 11.5 Å². The van der Waals surface area contributed by atoms with Crippen molar-refractivity contribution in [1.82, 2.24) is 0 Å². The monoisotopic (exact) mass is 331 g/mol. The summed E-state index contributed by atoms with van der Waals surface area (Å²) < 4.78 is 41.1. The summed E-state index contributed by atoms with van der Waals surface area (Å²) in [6.07, 6.45) is 0. The Hall–Kier alpha value is -2.20. The first-order chi connectivity index (χ1) is 9.78. The normalized spacial score (nSPS) is 11.3. The lowest BCUT2D eigenvalue weighted by molar-refractivity contribution is 0.102. The van der Waals surface area contributed by atoms with Gasteiger partial charge in [-0.2, -0.15) is 8.42 Å². The van der Waals surface area contributed by atoms with E-state index in [1.807, 2.05) is 0 Å². The second kappa shape index (κ2) is 5.66. The second-order valence-corrected chi connectivity index (χ2v) is 6.62. The van der Waals surface area contributed by atoms with Gasteiger partial charge in [0.2, 0.25) is 5.96 Å². The molecule has 1 aromatic carbocycles. The Kier molecular flexibility index (Phi) is 4.09. The largest absolute Gasteiger partial charge is 0.367 e. The molecule has 0 aliphatic carbocycles. The van der Waals surface area contributed by atoms with Crippen LogP contribution in [0.3, 0.4) is 0 Å². The Bertz CT molecular complexity index is 825. The predicted octanol–water partition coefficient (Wildman–Crippen LogP) is 0.758. The van der Waals surface area contributed by atoms with Gasteiger partial charge in [-0.1, -0.05) is 6.07 Å². The first kappa shape index (κ1) is 15.2. The molecule has 0 radical (unpaired) electrons. The minimum Gasteiger partial charge on any atom is -0.367 e. The maximum atomic E-state index is 13.5. The van der Waals surface area contributed by atoms with Crippen LogP contribution < -0.4 is 11.5 Å². The van der Waals surface area contributed by atoms with Crippen molar-refractivity contribution < 1.29 is 21.9 Å². The van der Waals surface area contributed by atoms with Crippen LogP contribution in [-0.4, -0.2) is 25.9 Å². The number of ketones is 1. The van der Waals surface area contributed by atoms with Crippen LogP contribution in [0.25, 0.3) is 10.1 Å². The number of carbonyl (C=O) groups is 1. The number of carbonyl (C=O) groups excluding carboxylic acids is 1. The number of hydrogen-bond donors (Lipinski definition) is 2. The van der Waals surface area contributed by atoms with Gasteiger partial charge in [0.25, 0.3) is 0 Å². The third-order valence-electron chi connectivity index (χ3n) is 2.35. The number of Topliss-reactive ketones (excluding diaryl/α,β-unsaturated/α-hetero) is 1. The zero-order chi connectivity index (χ0) is 15.6. The smallest absolute Gasteiger partial charge is 0.336 e. The minimum atomic E-state index is -4.26. The highest BCUT2D eigenvalue weighted by Crippen LogP contribution is 2.28. The van der Waals surface area contributed by atoms with E-state index >= 15 is 0 Å². The Morgan fingerprint density at radius 1 is 1.38 bits per heavy atom. The first-order valence-corrected chi connectivity index (χ1v) is 7.89. The Morgan fingerprint density at radius 2 is 2.10 bits per heavy atom. The van der Waals surface area contributed by atoms with Gasteiger partial charge in [0.05, 0.1) is 4.88 Å². The van der Waals surface area contributed by atoms with Crippen LogP contribution in [0.1, 0.15) is 9.67 Å². The van der Waals surface area contributed by atoms with Crippen LogP contribution in [-0.2, 0) is 14.4 Å². The van der Waals surface area contributed by atoms with Crippen molar-refractivity contribution in [2.75, 3.05) is 5.75 Å². The molecule has 0 aliphatic heterocycles. The summed E-state index contributed by atoms with van der Waals surface area (Å²) in [5.74, 6) is -2.75. The number of thiophene rings is 1. The maximum absolute atomic E-state index is 13.5. The highest BCUT2D eigenvalue weighted by molar-refractivity contribution is 7.87. The van der Waals surface area contributed by atoms with E-state index in [0.29, 0.717) is 4.70 Å². The number of rotatable bonds is 5. The molecule has 10 heteroatoms. The molecule has 0 bridgehead atoms. The van der Waals surface area contributed by atoms with E-state index in [-0.39, 0.29) is 10.3 Å². The van der Waals surface area contributed by atoms with E-state index in [9.17, 15) is 17.6 Å². The summed E-state index contributed by atoms with van der Waals surface area (Å²) in [6, 6.07) is 5.68. The van der Waals surface area contributed by atoms with E-state index in [1.54, 1.807) is 6.07 Å². The number of benzene rings is 1. The molecule has 1 heterocycles. The number of halogens is 1. The number of oxime groups is 1. The fraction of sp³-hybridized carbons (Fsp3) is 0.0909. The van der Waals surface area contributed by atoms with Crippen molar-refractivity contribution in [3.63, 3.8) is 0 Å². The van der Waals surface area contributed by atoms with Gasteiger partial charge >= 0.3 is 10.1 Å². The molecule has 21 heavy (non-hydrogen) atoms. The van der Waals surface area contributed by atoms with Gasteiger partial charge in [0.1, 0.15) is 5.82 Å². The van der Waals surface area contributed by atoms with Gasteiger partial charge in [-0.05, 0) is 23.4 Å². The lowest BCUT2D eigenvalue weighted by Gasteiger charge is -1.99. The molecule has 0 saturated heterocycles. The summed E-state index contributed by atoms with van der Waals surface area (Å²) in [7, 11) is -4.26. The molecule has 2 aromatic rings. The Labute approximate surface area is 123 Å². The number of nitrogens with two attached hydrogens (primary N) is 2. The standard InChI is InChI=1S/C11H10FN3O4S2/c12-7-2-1-3-9-6(7)4-10(20-9)8(16)5-21(17,18)19-15-11(13)14/h1-4H,5H2,(H4,13,14,15). The number of fused-ring (bicyclic) bond motifs is 1. The second-order valence-electron chi connectivity index (χ2n) is 3.98. The van der Waals surface area contributed by atoms with Gasteiger partial charge in [-0.25, -0.2) is 4.39 Å². The van der Waals surface area contributed by atoms with Gasteiger partial charge in [0, 0.05) is 10.1 Å². The van der Waals surface area contributed by atoms with Crippen LogP contribution in [0.5, 0.6) is 0 Å². The minimum absolute atomic E-state index is 0.104. The average Bonchev–Trinajstić information content (AvgIpc) is 2.82. The van der Waals surface area contributed by atoms with E-state index in [4.69, 9.17) is 11.5 Å². The van der Waals surface area contributed by atoms with Crippen LogP contribution >= 0.6 is 11.3 Å². The molecule has 4 N–H and O–H groups in total. The molecule has 0 aliphatic rings. The highest BCUT2D eigenvalue weighted by atomic mass is 32.2. The van der Waals surface area contributed by atoms with Crippen LogP contribution in [0.4, 0.5) is 4.39 Å². The van der Waals surface area contributed by atoms with E-state index < -0.39 is 33.4 Å². The van der Waals surface area contributed by atoms with Crippen molar-refractivity contribution in [3.8, 4) is 0 Å². The van der Waals surface area contributed by atoms with Crippen molar-refractivity contribution in [3.05, 3.63) is 35.0 Å². The molecular weight excluding hydrogens is 321 g/mol. The highest BCUT2D eigenvalue weighted by Gasteiger charge is 2.22. The lowest BCUT2D eigenvalue weighted by Crippen LogP contribution is -2.24. The zero-order valence-electron chi connectivity index (χ0n) is 10.4. The van der Waals surface area contributed by atoms with Crippen molar-refractivity contribution in [2.24, 2.45) is 16.6 Å². The van der Waals surface area contributed by atoms with E-state index in [2.05, 4.69) is 9.44 Å². The summed E-state index contributed by atoms with van der Waals surface area (Å²) in [5, 5.41) is 3.13. The summed E-state index contributed by atoms with van der Waals surface area (Å²) >= 11 is 0.990. The maximum Gasteiger partial charge on any atom is 0.336 e. The fourth-order valence-electron chi connectivity index (χ4n) is 1.52. The molecule has 0 saturated carbocycles. The Morgan fingerprint density at radius 3 is 2.71 bits per heavy atom. The van der Waals surface area contributed by atoms with Gasteiger partial charge in [0.15, 0.2) is 11.5 Å². The summed E-state index contributed by atoms with van der Waals surface area (Å²) in [5.41, 5.74) is 9.85.